The quantitative estimate of drug-likeness (QED) is 0.762. The zero-order valence-electron chi connectivity index (χ0n) is 11.6. The molecule has 2 heterocycles. The highest BCUT2D eigenvalue weighted by molar-refractivity contribution is 5.94. The predicted molar refractivity (Wildman–Crippen MR) is 81.2 cm³/mol. The Kier molecular flexibility index (Phi) is 3.35. The highest BCUT2D eigenvalue weighted by Crippen LogP contribution is 2.29. The Labute approximate surface area is 117 Å². The number of aromatic amines is 1. The van der Waals surface area contributed by atoms with Gasteiger partial charge in [-0.05, 0) is 19.2 Å². The van der Waals surface area contributed by atoms with Crippen molar-refractivity contribution in [1.29, 1.82) is 0 Å². The van der Waals surface area contributed by atoms with Crippen LogP contribution in [-0.4, -0.2) is 29.0 Å². The van der Waals surface area contributed by atoms with Crippen LogP contribution < -0.4 is 10.2 Å². The number of nitrogens with one attached hydrogen (secondary N) is 2. The first-order valence-corrected chi connectivity index (χ1v) is 6.56. The number of hydrogen-bond acceptors (Lipinski definition) is 4. The third-order valence-corrected chi connectivity index (χ3v) is 3.30. The minimum absolute atomic E-state index is 0.662. The number of fused-ring (bicyclic) bond motifs is 1. The van der Waals surface area contributed by atoms with Crippen LogP contribution in [0.2, 0.25) is 0 Å². The van der Waals surface area contributed by atoms with Crippen molar-refractivity contribution in [3.63, 3.8) is 0 Å². The summed E-state index contributed by atoms with van der Waals surface area (Å²) in [7, 11) is 3.90. The van der Waals surface area contributed by atoms with Gasteiger partial charge < -0.3 is 15.2 Å². The van der Waals surface area contributed by atoms with Gasteiger partial charge in [0.25, 0.3) is 0 Å². The number of anilines is 2. The molecule has 0 aliphatic heterocycles. The maximum absolute atomic E-state index is 4.56. The maximum Gasteiger partial charge on any atom is 0.144 e. The molecule has 0 aliphatic rings. The highest BCUT2D eigenvalue weighted by Gasteiger charge is 2.11. The van der Waals surface area contributed by atoms with Crippen molar-refractivity contribution in [3.8, 4) is 0 Å². The van der Waals surface area contributed by atoms with Gasteiger partial charge in [-0.2, -0.15) is 0 Å². The first-order chi connectivity index (χ1) is 9.79. The molecule has 0 radical (unpaired) electrons. The first kappa shape index (κ1) is 12.6. The zero-order chi connectivity index (χ0) is 13.9. The Morgan fingerprint density at radius 2 is 2.10 bits per heavy atom. The fourth-order valence-electron chi connectivity index (χ4n) is 2.28. The average molecular weight is 267 g/mol. The summed E-state index contributed by atoms with van der Waals surface area (Å²) < 4.78 is 0. The molecule has 2 aromatic heterocycles. The van der Waals surface area contributed by atoms with E-state index >= 15 is 0 Å². The molecule has 5 nitrogen and oxygen atoms in total. The molecule has 0 aliphatic carbocycles. The van der Waals surface area contributed by atoms with E-state index < -0.39 is 0 Å². The van der Waals surface area contributed by atoms with E-state index in [1.165, 1.54) is 5.39 Å². The monoisotopic (exact) mass is 267 g/mol. The fourth-order valence-corrected chi connectivity index (χ4v) is 2.28. The summed E-state index contributed by atoms with van der Waals surface area (Å²) in [6.07, 6.45) is 3.80. The number of nitrogens with zero attached hydrogens (tertiary/aromatic N) is 3. The minimum Gasteiger partial charge on any atom is -0.359 e. The van der Waals surface area contributed by atoms with Gasteiger partial charge in [-0.3, -0.25) is 0 Å². The van der Waals surface area contributed by atoms with Gasteiger partial charge in [0.2, 0.25) is 0 Å². The lowest BCUT2D eigenvalue weighted by atomic mass is 10.2. The van der Waals surface area contributed by atoms with E-state index in [4.69, 9.17) is 0 Å². The lowest BCUT2D eigenvalue weighted by molar-refractivity contribution is 0.757. The van der Waals surface area contributed by atoms with Gasteiger partial charge in [-0.1, -0.05) is 18.2 Å². The third-order valence-electron chi connectivity index (χ3n) is 3.30. The van der Waals surface area contributed by atoms with Gasteiger partial charge in [0.1, 0.15) is 11.6 Å². The van der Waals surface area contributed by atoms with Crippen LogP contribution >= 0.6 is 0 Å². The summed E-state index contributed by atoms with van der Waals surface area (Å²) >= 11 is 0. The second kappa shape index (κ2) is 5.30. The van der Waals surface area contributed by atoms with E-state index in [1.807, 2.05) is 38.5 Å². The molecular formula is C15H17N5. The normalized spacial score (nSPS) is 10.9. The van der Waals surface area contributed by atoms with Crippen LogP contribution in [0.1, 0.15) is 5.82 Å². The predicted octanol–water partition coefficient (Wildman–Crippen LogP) is 2.45. The van der Waals surface area contributed by atoms with E-state index in [0.717, 1.165) is 22.8 Å². The number of H-pyrrole nitrogens is 1. The summed E-state index contributed by atoms with van der Waals surface area (Å²) in [5.74, 6) is 1.67. The number of hydrogen-bond donors (Lipinski definition) is 2. The van der Waals surface area contributed by atoms with Crippen molar-refractivity contribution >= 4 is 22.4 Å². The van der Waals surface area contributed by atoms with Crippen molar-refractivity contribution < 1.29 is 0 Å². The van der Waals surface area contributed by atoms with Gasteiger partial charge in [-0.25, -0.2) is 9.97 Å². The molecule has 3 aromatic rings. The average Bonchev–Trinajstić information content (AvgIpc) is 2.91. The molecule has 1 aromatic carbocycles. The molecule has 5 heteroatoms. The molecule has 0 unspecified atom stereocenters. The molecular weight excluding hydrogens is 250 g/mol. The van der Waals surface area contributed by atoms with E-state index in [2.05, 4.69) is 37.3 Å². The second-order valence-electron chi connectivity index (χ2n) is 4.64. The molecule has 0 atom stereocenters. The Morgan fingerprint density at radius 3 is 2.95 bits per heavy atom. The molecule has 0 saturated heterocycles. The van der Waals surface area contributed by atoms with Crippen LogP contribution in [0.5, 0.6) is 0 Å². The lowest BCUT2D eigenvalue weighted by Crippen LogP contribution is -2.14. The Balaban J connectivity index is 1.99. The molecule has 3 rings (SSSR count). The van der Waals surface area contributed by atoms with Crippen molar-refractivity contribution in [3.05, 3.63) is 48.5 Å². The van der Waals surface area contributed by atoms with Crippen LogP contribution in [0.25, 0.3) is 10.9 Å². The van der Waals surface area contributed by atoms with Gasteiger partial charge in [0, 0.05) is 30.3 Å². The molecule has 0 fully saturated rings. The highest BCUT2D eigenvalue weighted by atomic mass is 15.2. The van der Waals surface area contributed by atoms with E-state index in [9.17, 15) is 0 Å². The Morgan fingerprint density at radius 1 is 1.25 bits per heavy atom. The summed E-state index contributed by atoms with van der Waals surface area (Å²) in [5.41, 5.74) is 2.23. The van der Waals surface area contributed by atoms with Crippen molar-refractivity contribution in [2.24, 2.45) is 0 Å². The molecule has 20 heavy (non-hydrogen) atoms. The van der Waals surface area contributed by atoms with Gasteiger partial charge in [0.15, 0.2) is 0 Å². The standard InChI is InChI=1S/C15H17N5/c1-16-10-14-17-8-7-15(19-14)20(2)13-9-18-12-6-4-3-5-11(12)13/h3-9,16,18H,10H2,1-2H3. The van der Waals surface area contributed by atoms with E-state index in [1.54, 1.807) is 6.20 Å². The topological polar surface area (TPSA) is 56.8 Å². The maximum atomic E-state index is 4.56. The molecule has 2 N–H and O–H groups in total. The molecule has 0 saturated carbocycles. The molecule has 0 amide bonds. The third kappa shape index (κ3) is 2.23. The summed E-state index contributed by atoms with van der Waals surface area (Å²) in [4.78, 5) is 14.2. The van der Waals surface area contributed by atoms with Gasteiger partial charge in [-0.15, -0.1) is 0 Å². The van der Waals surface area contributed by atoms with E-state index in [0.29, 0.717) is 6.54 Å². The van der Waals surface area contributed by atoms with Crippen LogP contribution in [0.3, 0.4) is 0 Å². The molecule has 0 bridgehead atoms. The Bertz CT molecular complexity index is 719. The fraction of sp³-hybridized carbons (Fsp3) is 0.200. The van der Waals surface area contributed by atoms with Gasteiger partial charge >= 0.3 is 0 Å². The SMILES string of the molecule is CNCc1nccc(N(C)c2c[nH]c3ccccc23)n1. The van der Waals surface area contributed by atoms with Crippen LogP contribution in [0, 0.1) is 0 Å². The first-order valence-electron chi connectivity index (χ1n) is 6.56. The van der Waals surface area contributed by atoms with Crippen molar-refractivity contribution in [1.82, 2.24) is 20.3 Å². The van der Waals surface area contributed by atoms with E-state index in [-0.39, 0.29) is 0 Å². The summed E-state index contributed by atoms with van der Waals surface area (Å²) in [6, 6.07) is 10.2. The smallest absolute Gasteiger partial charge is 0.144 e. The summed E-state index contributed by atoms with van der Waals surface area (Å²) in [6.45, 7) is 0.662. The van der Waals surface area contributed by atoms with Crippen molar-refractivity contribution in [2.75, 3.05) is 19.0 Å². The second-order valence-corrected chi connectivity index (χ2v) is 4.64. The number of benzene rings is 1. The number of rotatable bonds is 4. The molecule has 102 valence electrons. The van der Waals surface area contributed by atoms with Crippen LogP contribution in [0.15, 0.2) is 42.7 Å². The largest absolute Gasteiger partial charge is 0.359 e. The van der Waals surface area contributed by atoms with Crippen molar-refractivity contribution in [2.45, 2.75) is 6.54 Å². The lowest BCUT2D eigenvalue weighted by Gasteiger charge is -2.17. The number of aromatic nitrogens is 3. The summed E-state index contributed by atoms with van der Waals surface area (Å²) in [5, 5.41) is 4.25. The zero-order valence-corrected chi connectivity index (χ0v) is 11.6. The van der Waals surface area contributed by atoms with Crippen LogP contribution in [0.4, 0.5) is 11.5 Å². The minimum atomic E-state index is 0.662. The Hall–Kier alpha value is -2.40. The number of para-hydroxylation sites is 1. The van der Waals surface area contributed by atoms with Crippen LogP contribution in [-0.2, 0) is 6.54 Å². The molecule has 0 spiro atoms. The van der Waals surface area contributed by atoms with Gasteiger partial charge in [0.05, 0.1) is 12.2 Å².